The minimum absolute atomic E-state index is 0.353. The third kappa shape index (κ3) is 4.69. The number of thiophene rings is 1. The summed E-state index contributed by atoms with van der Waals surface area (Å²) in [6, 6.07) is 3.44. The number of aromatic nitrogens is 2. The lowest BCUT2D eigenvalue weighted by molar-refractivity contribution is -0.117. The van der Waals surface area contributed by atoms with Gasteiger partial charge in [-0.3, -0.25) is 25.1 Å². The predicted molar refractivity (Wildman–Crippen MR) is 95.8 cm³/mol. The summed E-state index contributed by atoms with van der Waals surface area (Å²) in [4.78, 5) is 24.1. The Hall–Kier alpha value is -2.12. The van der Waals surface area contributed by atoms with Gasteiger partial charge in [-0.25, -0.2) is 0 Å². The van der Waals surface area contributed by atoms with Crippen molar-refractivity contribution >= 4 is 40.8 Å². The summed E-state index contributed by atoms with van der Waals surface area (Å²) >= 11 is 7.59. The second kappa shape index (κ2) is 8.65. The SMILES string of the molecule is CCCCn1nc(C)c(/C=C/C(=O)NNC(=O)c2cccs2)c1Cl. The number of hydrogen-bond acceptors (Lipinski definition) is 4. The number of carbonyl (C=O) groups is 2. The second-order valence-corrected chi connectivity index (χ2v) is 6.43. The van der Waals surface area contributed by atoms with Crippen molar-refractivity contribution in [1.82, 2.24) is 20.6 Å². The minimum atomic E-state index is -0.448. The van der Waals surface area contributed by atoms with Crippen LogP contribution in [0.4, 0.5) is 0 Å². The number of carbonyl (C=O) groups excluding carboxylic acids is 2. The van der Waals surface area contributed by atoms with Crippen molar-refractivity contribution in [3.63, 3.8) is 0 Å². The maximum absolute atomic E-state index is 11.8. The Bertz CT molecular complexity index is 738. The molecule has 0 bridgehead atoms. The number of nitrogens with one attached hydrogen (secondary N) is 2. The molecule has 6 nitrogen and oxygen atoms in total. The lowest BCUT2D eigenvalue weighted by atomic mass is 10.2. The molecule has 0 spiro atoms. The number of rotatable bonds is 6. The molecule has 2 aromatic heterocycles. The van der Waals surface area contributed by atoms with Crippen LogP contribution in [0, 0.1) is 6.92 Å². The summed E-state index contributed by atoms with van der Waals surface area (Å²) in [5.41, 5.74) is 6.14. The van der Waals surface area contributed by atoms with Crippen LogP contribution in [0.25, 0.3) is 6.08 Å². The fourth-order valence-corrected chi connectivity index (χ4v) is 2.94. The molecule has 8 heteroatoms. The van der Waals surface area contributed by atoms with Crippen LogP contribution in [-0.4, -0.2) is 21.6 Å². The first-order chi connectivity index (χ1) is 11.5. The zero-order chi connectivity index (χ0) is 17.5. The summed E-state index contributed by atoms with van der Waals surface area (Å²) in [6.45, 7) is 4.68. The smallest absolute Gasteiger partial charge is 0.268 e. The highest BCUT2D eigenvalue weighted by Crippen LogP contribution is 2.21. The number of halogens is 1. The van der Waals surface area contributed by atoms with E-state index in [1.807, 2.05) is 6.92 Å². The Morgan fingerprint density at radius 2 is 2.21 bits per heavy atom. The highest BCUT2D eigenvalue weighted by atomic mass is 35.5. The summed E-state index contributed by atoms with van der Waals surface area (Å²) in [6.07, 6.45) is 4.94. The van der Waals surface area contributed by atoms with E-state index in [1.54, 1.807) is 28.3 Å². The Labute approximate surface area is 149 Å². The van der Waals surface area contributed by atoms with E-state index in [2.05, 4.69) is 22.9 Å². The zero-order valence-electron chi connectivity index (χ0n) is 13.5. The number of nitrogens with zero attached hydrogens (tertiary/aromatic N) is 2. The van der Waals surface area contributed by atoms with Gasteiger partial charge < -0.3 is 0 Å². The fourth-order valence-electron chi connectivity index (χ4n) is 2.00. The van der Waals surface area contributed by atoms with E-state index in [9.17, 15) is 9.59 Å². The van der Waals surface area contributed by atoms with Crippen molar-refractivity contribution in [1.29, 1.82) is 0 Å². The van der Waals surface area contributed by atoms with Gasteiger partial charge in [0.2, 0.25) is 0 Å². The lowest BCUT2D eigenvalue weighted by Crippen LogP contribution is -2.40. The average Bonchev–Trinajstić information content (AvgIpc) is 3.18. The number of aryl methyl sites for hydroxylation is 2. The largest absolute Gasteiger partial charge is 0.279 e. The molecule has 0 saturated heterocycles. The molecule has 0 saturated carbocycles. The van der Waals surface area contributed by atoms with Gasteiger partial charge in [0.05, 0.1) is 10.6 Å². The van der Waals surface area contributed by atoms with E-state index in [0.29, 0.717) is 15.6 Å². The quantitative estimate of drug-likeness (QED) is 0.609. The van der Waals surface area contributed by atoms with Gasteiger partial charge in [0, 0.05) is 18.2 Å². The molecule has 0 aliphatic carbocycles. The van der Waals surface area contributed by atoms with Crippen LogP contribution in [0.5, 0.6) is 0 Å². The molecule has 0 aromatic carbocycles. The third-order valence-corrected chi connectivity index (χ3v) is 4.55. The number of amides is 2. The van der Waals surface area contributed by atoms with E-state index < -0.39 is 5.91 Å². The summed E-state index contributed by atoms with van der Waals surface area (Å²) in [7, 11) is 0. The topological polar surface area (TPSA) is 76.0 Å². The van der Waals surface area contributed by atoms with Crippen LogP contribution >= 0.6 is 22.9 Å². The van der Waals surface area contributed by atoms with Crippen LogP contribution in [0.15, 0.2) is 23.6 Å². The molecular weight excluding hydrogens is 348 g/mol. The van der Waals surface area contributed by atoms with Crippen molar-refractivity contribution in [2.45, 2.75) is 33.2 Å². The maximum atomic E-state index is 11.8. The first kappa shape index (κ1) is 18.2. The highest BCUT2D eigenvalue weighted by Gasteiger charge is 2.11. The van der Waals surface area contributed by atoms with Crippen LogP contribution in [0.2, 0.25) is 5.15 Å². The highest BCUT2D eigenvalue weighted by molar-refractivity contribution is 7.12. The normalized spacial score (nSPS) is 11.0. The molecule has 2 amide bonds. The van der Waals surface area contributed by atoms with Crippen molar-refractivity contribution < 1.29 is 9.59 Å². The van der Waals surface area contributed by atoms with E-state index in [-0.39, 0.29) is 5.91 Å². The Balaban J connectivity index is 1.94. The zero-order valence-corrected chi connectivity index (χ0v) is 15.1. The lowest BCUT2D eigenvalue weighted by Gasteiger charge is -2.03. The average molecular weight is 367 g/mol. The molecule has 0 aliphatic heterocycles. The molecular formula is C16H19ClN4O2S. The predicted octanol–water partition coefficient (Wildman–Crippen LogP) is 3.18. The Morgan fingerprint density at radius 1 is 1.42 bits per heavy atom. The van der Waals surface area contributed by atoms with Crippen LogP contribution in [0.1, 0.15) is 40.7 Å². The van der Waals surface area contributed by atoms with Gasteiger partial charge in [-0.05, 0) is 30.9 Å². The van der Waals surface area contributed by atoms with E-state index in [1.165, 1.54) is 17.4 Å². The molecule has 0 aliphatic rings. The van der Waals surface area contributed by atoms with E-state index in [4.69, 9.17) is 11.6 Å². The molecule has 24 heavy (non-hydrogen) atoms. The van der Waals surface area contributed by atoms with Gasteiger partial charge in [0.25, 0.3) is 11.8 Å². The Morgan fingerprint density at radius 3 is 2.88 bits per heavy atom. The van der Waals surface area contributed by atoms with E-state index in [0.717, 1.165) is 25.1 Å². The molecule has 2 heterocycles. The van der Waals surface area contributed by atoms with Crippen molar-refractivity contribution in [2.24, 2.45) is 0 Å². The molecule has 2 rings (SSSR count). The monoisotopic (exact) mass is 366 g/mol. The van der Waals surface area contributed by atoms with Gasteiger partial charge in [0.15, 0.2) is 0 Å². The molecule has 0 fully saturated rings. The van der Waals surface area contributed by atoms with E-state index >= 15 is 0 Å². The van der Waals surface area contributed by atoms with Gasteiger partial charge >= 0.3 is 0 Å². The second-order valence-electron chi connectivity index (χ2n) is 5.12. The molecule has 0 atom stereocenters. The molecule has 0 radical (unpaired) electrons. The first-order valence-corrected chi connectivity index (χ1v) is 8.83. The fraction of sp³-hybridized carbons (Fsp3) is 0.312. The minimum Gasteiger partial charge on any atom is -0.268 e. The van der Waals surface area contributed by atoms with Gasteiger partial charge in [-0.1, -0.05) is 31.0 Å². The molecule has 0 unspecified atom stereocenters. The molecule has 128 valence electrons. The van der Waals surface area contributed by atoms with Crippen molar-refractivity contribution in [2.75, 3.05) is 0 Å². The number of unbranched alkanes of at least 4 members (excludes halogenated alkanes) is 1. The van der Waals surface area contributed by atoms with Crippen molar-refractivity contribution in [3.8, 4) is 0 Å². The third-order valence-electron chi connectivity index (χ3n) is 3.28. The van der Waals surface area contributed by atoms with Gasteiger partial charge in [-0.15, -0.1) is 11.3 Å². The first-order valence-electron chi connectivity index (χ1n) is 7.57. The van der Waals surface area contributed by atoms with Crippen LogP contribution in [-0.2, 0) is 11.3 Å². The summed E-state index contributed by atoms with van der Waals surface area (Å²) < 4.78 is 1.73. The number of hydrazine groups is 1. The Kier molecular flexibility index (Phi) is 6.57. The van der Waals surface area contributed by atoms with Gasteiger partial charge in [0.1, 0.15) is 5.15 Å². The standard InChI is InChI=1S/C16H19ClN4O2S/c1-3-4-9-21-15(17)12(11(2)20-21)7-8-14(22)18-19-16(23)13-6-5-10-24-13/h5-8,10H,3-4,9H2,1-2H3,(H,18,22)(H,19,23)/b8-7+. The van der Waals surface area contributed by atoms with Crippen LogP contribution in [0.3, 0.4) is 0 Å². The van der Waals surface area contributed by atoms with Crippen LogP contribution < -0.4 is 10.9 Å². The summed E-state index contributed by atoms with van der Waals surface area (Å²) in [5.74, 6) is -0.801. The maximum Gasteiger partial charge on any atom is 0.279 e. The molecule has 2 N–H and O–H groups in total. The van der Waals surface area contributed by atoms with Crippen molar-refractivity contribution in [3.05, 3.63) is 44.9 Å². The number of hydrogen-bond donors (Lipinski definition) is 2. The summed E-state index contributed by atoms with van der Waals surface area (Å²) in [5, 5.41) is 6.66. The molecule has 2 aromatic rings. The van der Waals surface area contributed by atoms with Gasteiger partial charge in [-0.2, -0.15) is 5.10 Å².